The van der Waals surface area contributed by atoms with Crippen LogP contribution in [0.25, 0.3) is 16.9 Å². The second kappa shape index (κ2) is 12.3. The summed E-state index contributed by atoms with van der Waals surface area (Å²) in [5.74, 6) is 4.40. The van der Waals surface area contributed by atoms with Gasteiger partial charge in [0.1, 0.15) is 18.1 Å². The average molecular weight is 592 g/mol. The molecule has 12 nitrogen and oxygen atoms in total. The maximum absolute atomic E-state index is 13.8. The summed E-state index contributed by atoms with van der Waals surface area (Å²) >= 11 is 6.34. The van der Waals surface area contributed by atoms with E-state index in [0.29, 0.717) is 16.8 Å². The number of amides is 1. The third kappa shape index (κ3) is 6.87. The van der Waals surface area contributed by atoms with Gasteiger partial charge in [0.25, 0.3) is 11.0 Å². The van der Waals surface area contributed by atoms with E-state index in [4.69, 9.17) is 16.3 Å². The van der Waals surface area contributed by atoms with Crippen LogP contribution in [0.15, 0.2) is 42.5 Å². The minimum absolute atomic E-state index is 0.0408. The quantitative estimate of drug-likeness (QED) is 0.181. The number of benzene rings is 2. The van der Waals surface area contributed by atoms with Crippen LogP contribution in [-0.2, 0) is 14.7 Å². The lowest BCUT2D eigenvalue weighted by molar-refractivity contribution is -0.757. The van der Waals surface area contributed by atoms with E-state index < -0.39 is 26.6 Å². The number of carbonyl (C=O) groups is 1. The van der Waals surface area contributed by atoms with Gasteiger partial charge in [-0.1, -0.05) is 35.6 Å². The predicted octanol–water partition coefficient (Wildman–Crippen LogP) is 2.67. The molecule has 0 bridgehead atoms. The highest BCUT2D eigenvalue weighted by Crippen LogP contribution is 2.37. The van der Waals surface area contributed by atoms with Gasteiger partial charge < -0.3 is 9.57 Å². The number of nitrogens with one attached hydrogen (secondary N) is 1. The zero-order valence-electron chi connectivity index (χ0n) is 21.1. The molecule has 1 aliphatic heterocycles. The molecule has 0 atom stereocenters. The van der Waals surface area contributed by atoms with Crippen LogP contribution in [0.1, 0.15) is 22.5 Å². The molecule has 0 unspecified atom stereocenters. The Hall–Kier alpha value is -4.19. The first kappa shape index (κ1) is 28.8. The van der Waals surface area contributed by atoms with E-state index in [2.05, 4.69) is 27.2 Å². The second-order valence-corrected chi connectivity index (χ2v) is 11.2. The van der Waals surface area contributed by atoms with Crippen LogP contribution in [0.2, 0.25) is 5.02 Å². The molecule has 1 fully saturated rings. The minimum atomic E-state index is -3.15. The number of hydrogen-bond acceptors (Lipinski definition) is 9. The van der Waals surface area contributed by atoms with E-state index in [1.807, 2.05) is 0 Å². The van der Waals surface area contributed by atoms with Crippen molar-refractivity contribution in [2.24, 2.45) is 0 Å². The lowest BCUT2D eigenvalue weighted by atomic mass is 10.1. The Morgan fingerprint density at radius 1 is 1.23 bits per heavy atom. The summed E-state index contributed by atoms with van der Waals surface area (Å²) in [6, 6.07) is 10.6. The van der Waals surface area contributed by atoms with Crippen molar-refractivity contribution in [2.45, 2.75) is 6.42 Å². The van der Waals surface area contributed by atoms with E-state index in [0.717, 1.165) is 6.07 Å². The van der Waals surface area contributed by atoms with E-state index in [9.17, 15) is 27.7 Å². The summed E-state index contributed by atoms with van der Waals surface area (Å²) in [6.45, 7) is 0.0911. The molecule has 2 aromatic carbocycles. The normalized spacial score (nSPS) is 14.6. The summed E-state index contributed by atoms with van der Waals surface area (Å²) in [5, 5.41) is 15.3. The first-order valence-electron chi connectivity index (χ1n) is 11.8. The zero-order valence-corrected chi connectivity index (χ0v) is 22.7. The van der Waals surface area contributed by atoms with Crippen molar-refractivity contribution in [2.75, 3.05) is 38.3 Å². The van der Waals surface area contributed by atoms with E-state index >= 15 is 0 Å². The molecule has 1 saturated heterocycles. The molecule has 1 amide bonds. The zero-order chi connectivity index (χ0) is 28.9. The fourth-order valence-corrected chi connectivity index (χ4v) is 5.34. The molecule has 40 heavy (non-hydrogen) atoms. The van der Waals surface area contributed by atoms with Gasteiger partial charge in [-0.15, -0.1) is 10.1 Å². The Kier molecular flexibility index (Phi) is 8.88. The van der Waals surface area contributed by atoms with Crippen LogP contribution in [-0.4, -0.2) is 72.5 Å². The summed E-state index contributed by atoms with van der Waals surface area (Å²) in [7, 11) is -1.78. The Bertz CT molecular complexity index is 1590. The van der Waals surface area contributed by atoms with Crippen LogP contribution in [0.5, 0.6) is 5.75 Å². The highest BCUT2D eigenvalue weighted by atomic mass is 35.5. The third-order valence-corrected chi connectivity index (χ3v) is 7.73. The molecule has 1 N–H and O–H groups in total. The number of halogens is 2. The monoisotopic (exact) mass is 591 g/mol. The van der Waals surface area contributed by atoms with E-state index in [1.165, 1.54) is 28.9 Å². The molecule has 15 heteroatoms. The Morgan fingerprint density at radius 3 is 2.55 bits per heavy atom. The maximum atomic E-state index is 13.8. The number of nitrogens with zero attached hydrogens (tertiary/aromatic N) is 4. The summed E-state index contributed by atoms with van der Waals surface area (Å²) in [6.07, 6.45) is 0.161. The van der Waals surface area contributed by atoms with Crippen LogP contribution in [0.4, 0.5) is 4.39 Å². The number of hydrazine groups is 1. The van der Waals surface area contributed by atoms with Gasteiger partial charge in [-0.2, -0.15) is 5.10 Å². The molecule has 3 aromatic rings. The number of carbonyl (C=O) groups excluding carboxylic acids is 1. The Balaban J connectivity index is 1.69. The molecule has 0 saturated carbocycles. The average Bonchev–Trinajstić information content (AvgIpc) is 3.29. The molecule has 210 valence electrons. The van der Waals surface area contributed by atoms with E-state index in [-0.39, 0.29) is 59.8 Å². The number of methoxy groups -OCH3 is 1. The molecule has 1 aromatic heterocycles. The van der Waals surface area contributed by atoms with Crippen molar-refractivity contribution in [1.29, 1.82) is 0 Å². The van der Waals surface area contributed by atoms with Crippen LogP contribution < -0.4 is 10.2 Å². The molecule has 2 heterocycles. The van der Waals surface area contributed by atoms with Gasteiger partial charge in [-0.25, -0.2) is 22.5 Å². The summed E-state index contributed by atoms with van der Waals surface area (Å²) in [5.41, 5.74) is 4.40. The highest BCUT2D eigenvalue weighted by molar-refractivity contribution is 7.91. The number of sulfone groups is 1. The molecular formula is C25H23ClFN5O7S. The first-order chi connectivity index (χ1) is 19.1. The van der Waals surface area contributed by atoms with Gasteiger partial charge in [-0.3, -0.25) is 10.2 Å². The van der Waals surface area contributed by atoms with Crippen molar-refractivity contribution in [3.05, 3.63) is 74.7 Å². The summed E-state index contributed by atoms with van der Waals surface area (Å²) < 4.78 is 44.3. The topological polar surface area (TPSA) is 146 Å². The van der Waals surface area contributed by atoms with Crippen molar-refractivity contribution in [1.82, 2.24) is 20.2 Å². The fourth-order valence-electron chi connectivity index (χ4n) is 3.89. The van der Waals surface area contributed by atoms with Gasteiger partial charge >= 0.3 is 0 Å². The lowest BCUT2D eigenvalue weighted by Crippen LogP contribution is -2.50. The van der Waals surface area contributed by atoms with Gasteiger partial charge in [-0.05, 0) is 30.3 Å². The molecular weight excluding hydrogens is 569 g/mol. The molecule has 0 aliphatic carbocycles. The molecule has 0 radical (unpaired) electrons. The molecule has 4 rings (SSSR count). The minimum Gasteiger partial charge on any atom is -0.492 e. The highest BCUT2D eigenvalue weighted by Gasteiger charge is 2.29. The van der Waals surface area contributed by atoms with Crippen LogP contribution in [0.3, 0.4) is 0 Å². The van der Waals surface area contributed by atoms with E-state index in [1.54, 1.807) is 24.3 Å². The Labute approximate surface area is 233 Å². The number of aromatic nitrogens is 2. The summed E-state index contributed by atoms with van der Waals surface area (Å²) in [4.78, 5) is 27.7. The largest absolute Gasteiger partial charge is 0.492 e. The van der Waals surface area contributed by atoms with Gasteiger partial charge in [0, 0.05) is 30.6 Å². The lowest BCUT2D eigenvalue weighted by Gasteiger charge is -2.26. The standard InChI is InChI=1S/C25H23ClFN5O7S/c1-38-24-22(25(33)29-30-11-14-40(36,37)15-12-30)28-31(21-10-9-19(27)16-20(21)26)23(24)18-7-5-17(6-8-18)4-2-3-13-39-32(34)35/h5-10,16H,3,11-15H2,1H3,(H,29,33). The second-order valence-electron chi connectivity index (χ2n) is 8.50. The number of ether oxygens (including phenoxy) is 1. The van der Waals surface area contributed by atoms with Crippen molar-refractivity contribution in [3.8, 4) is 34.5 Å². The Morgan fingerprint density at radius 2 is 1.93 bits per heavy atom. The van der Waals surface area contributed by atoms with Crippen LogP contribution in [0, 0.1) is 27.8 Å². The maximum Gasteiger partial charge on any atom is 0.294 e. The van der Waals surface area contributed by atoms with Crippen molar-refractivity contribution < 1.29 is 32.3 Å². The SMILES string of the molecule is COc1c(C(=O)NN2CCS(=O)(=O)CC2)nn(-c2ccc(F)cc2Cl)c1-c1ccc(C#CCCO[N+](=O)[O-])cc1. The number of hydrogen-bond donors (Lipinski definition) is 1. The van der Waals surface area contributed by atoms with Crippen LogP contribution >= 0.6 is 11.6 Å². The first-order valence-corrected chi connectivity index (χ1v) is 14.0. The smallest absolute Gasteiger partial charge is 0.294 e. The number of rotatable bonds is 8. The van der Waals surface area contributed by atoms with Crippen molar-refractivity contribution >= 4 is 27.3 Å². The van der Waals surface area contributed by atoms with Gasteiger partial charge in [0.2, 0.25) is 0 Å². The predicted molar refractivity (Wildman–Crippen MR) is 143 cm³/mol. The third-order valence-electron chi connectivity index (χ3n) is 5.82. The molecule has 0 spiro atoms. The molecule has 1 aliphatic rings. The fraction of sp³-hybridized carbons (Fsp3) is 0.280. The van der Waals surface area contributed by atoms with Gasteiger partial charge in [0.15, 0.2) is 21.3 Å². The van der Waals surface area contributed by atoms with Gasteiger partial charge in [0.05, 0.1) is 29.3 Å². The van der Waals surface area contributed by atoms with Crippen molar-refractivity contribution in [3.63, 3.8) is 0 Å².